The Morgan fingerprint density at radius 2 is 1.58 bits per heavy atom. The molecule has 0 unspecified atom stereocenters. The second-order valence-electron chi connectivity index (χ2n) is 8.68. The van der Waals surface area contributed by atoms with Crippen LogP contribution < -0.4 is 5.32 Å². The average molecular weight is 432 g/mol. The lowest BCUT2D eigenvalue weighted by molar-refractivity contribution is -0.143. The van der Waals surface area contributed by atoms with Crippen LogP contribution in [0.2, 0.25) is 0 Å². The Labute approximate surface area is 183 Å². The molecule has 0 heterocycles. The molecule has 0 aromatic heterocycles. The number of amides is 1. The van der Waals surface area contributed by atoms with Crippen LogP contribution in [0.15, 0.2) is 42.5 Å². The SMILES string of the molecule is CC(C)=O.C[C@H](Cc1cccc2ccccc12)[C@H](O)[C@@H](NC(=O)OC(C)(C)C)C(=O)O. The second kappa shape index (κ2) is 11.5. The van der Waals surface area contributed by atoms with Crippen LogP contribution in [0.5, 0.6) is 0 Å². The van der Waals surface area contributed by atoms with Crippen LogP contribution >= 0.6 is 0 Å². The quantitative estimate of drug-likeness (QED) is 0.638. The smallest absolute Gasteiger partial charge is 0.408 e. The molecule has 2 rings (SSSR count). The first kappa shape index (κ1) is 26.1. The highest BCUT2D eigenvalue weighted by Crippen LogP contribution is 2.23. The van der Waals surface area contributed by atoms with E-state index in [0.29, 0.717) is 6.42 Å². The van der Waals surface area contributed by atoms with Gasteiger partial charge in [0, 0.05) is 0 Å². The summed E-state index contributed by atoms with van der Waals surface area (Å²) < 4.78 is 5.10. The van der Waals surface area contributed by atoms with Gasteiger partial charge in [-0.05, 0) is 63.3 Å². The summed E-state index contributed by atoms with van der Waals surface area (Å²) in [5.41, 5.74) is 0.258. The van der Waals surface area contributed by atoms with E-state index in [1.54, 1.807) is 27.7 Å². The van der Waals surface area contributed by atoms with Crippen molar-refractivity contribution in [3.8, 4) is 0 Å². The number of alkyl carbamates (subject to hydrolysis) is 1. The third kappa shape index (κ3) is 9.17. The highest BCUT2D eigenvalue weighted by atomic mass is 16.6. The standard InChI is InChI=1S/C21H27NO5.C3H6O/c1-13(12-15-10-7-9-14-8-5-6-11-16(14)15)18(23)17(19(24)25)22-20(26)27-21(2,3)4;1-3(2)4/h5-11,13,17-18,23H,12H2,1-4H3,(H,22,26)(H,24,25);1-2H3/t13-,17-,18+;/m1./s1. The number of ketones is 1. The predicted molar refractivity (Wildman–Crippen MR) is 120 cm³/mol. The van der Waals surface area contributed by atoms with Crippen LogP contribution in [0, 0.1) is 5.92 Å². The van der Waals surface area contributed by atoms with Crippen molar-refractivity contribution in [3.05, 3.63) is 48.0 Å². The Bertz CT molecular complexity index is 893. The van der Waals surface area contributed by atoms with Gasteiger partial charge >= 0.3 is 12.1 Å². The van der Waals surface area contributed by atoms with Gasteiger partial charge in [-0.2, -0.15) is 0 Å². The zero-order valence-electron chi connectivity index (χ0n) is 19.0. The summed E-state index contributed by atoms with van der Waals surface area (Å²) in [6.07, 6.45) is -1.66. The molecule has 0 saturated heterocycles. The molecular weight excluding hydrogens is 398 g/mol. The van der Waals surface area contributed by atoms with Gasteiger partial charge in [-0.25, -0.2) is 9.59 Å². The molecule has 0 aliphatic heterocycles. The van der Waals surface area contributed by atoms with Crippen molar-refractivity contribution in [2.45, 2.75) is 65.7 Å². The fraction of sp³-hybridized carbons (Fsp3) is 0.458. The van der Waals surface area contributed by atoms with Gasteiger partial charge in [-0.3, -0.25) is 0 Å². The van der Waals surface area contributed by atoms with Gasteiger partial charge in [0.2, 0.25) is 0 Å². The Hall–Kier alpha value is -2.93. The van der Waals surface area contributed by atoms with Gasteiger partial charge in [-0.15, -0.1) is 0 Å². The maximum absolute atomic E-state index is 11.9. The third-order valence-electron chi connectivity index (χ3n) is 4.28. The van der Waals surface area contributed by atoms with Crippen LogP contribution in [-0.2, 0) is 20.7 Å². The zero-order chi connectivity index (χ0) is 23.8. The minimum absolute atomic E-state index is 0.167. The maximum Gasteiger partial charge on any atom is 0.408 e. The normalized spacial score (nSPS) is 13.9. The number of rotatable bonds is 6. The molecular formula is C24H33NO6. The molecule has 2 aromatic rings. The van der Waals surface area contributed by atoms with Gasteiger partial charge in [0.15, 0.2) is 6.04 Å². The van der Waals surface area contributed by atoms with E-state index < -0.39 is 35.7 Å². The number of nitrogens with one attached hydrogen (secondary N) is 1. The lowest BCUT2D eigenvalue weighted by atomic mass is 9.89. The number of carbonyl (C=O) groups excluding carboxylic acids is 2. The summed E-state index contributed by atoms with van der Waals surface area (Å²) in [6, 6.07) is 12.3. The van der Waals surface area contributed by atoms with Gasteiger partial charge in [0.05, 0.1) is 6.10 Å². The van der Waals surface area contributed by atoms with Gasteiger partial charge in [-0.1, -0.05) is 49.4 Å². The lowest BCUT2D eigenvalue weighted by Crippen LogP contribution is -2.52. The predicted octanol–water partition coefficient (Wildman–Crippen LogP) is 3.95. The monoisotopic (exact) mass is 431 g/mol. The molecule has 0 aliphatic rings. The molecule has 7 heteroatoms. The number of hydrogen-bond donors (Lipinski definition) is 3. The summed E-state index contributed by atoms with van der Waals surface area (Å²) >= 11 is 0. The molecule has 3 N–H and O–H groups in total. The molecule has 3 atom stereocenters. The molecule has 0 aliphatic carbocycles. The summed E-state index contributed by atoms with van der Waals surface area (Å²) in [5, 5.41) is 24.4. The van der Waals surface area contributed by atoms with Gasteiger partial charge in [0.25, 0.3) is 0 Å². The number of benzene rings is 2. The fourth-order valence-electron chi connectivity index (χ4n) is 2.99. The van der Waals surface area contributed by atoms with E-state index in [1.165, 1.54) is 13.8 Å². The Morgan fingerprint density at radius 1 is 1.03 bits per heavy atom. The molecule has 31 heavy (non-hydrogen) atoms. The molecule has 2 aromatic carbocycles. The lowest BCUT2D eigenvalue weighted by Gasteiger charge is -2.27. The second-order valence-corrected chi connectivity index (χ2v) is 8.68. The van der Waals surface area contributed by atoms with Crippen molar-refractivity contribution in [1.29, 1.82) is 0 Å². The Morgan fingerprint density at radius 3 is 2.13 bits per heavy atom. The topological polar surface area (TPSA) is 113 Å². The first-order valence-electron chi connectivity index (χ1n) is 10.2. The number of aliphatic hydroxyl groups excluding tert-OH is 1. The van der Waals surface area contributed by atoms with Crippen LogP contribution in [0.1, 0.15) is 47.1 Å². The first-order chi connectivity index (χ1) is 14.3. The van der Waals surface area contributed by atoms with Crippen molar-refractivity contribution in [1.82, 2.24) is 5.32 Å². The van der Waals surface area contributed by atoms with Crippen molar-refractivity contribution in [2.24, 2.45) is 5.92 Å². The van der Waals surface area contributed by atoms with Crippen molar-refractivity contribution >= 4 is 28.6 Å². The van der Waals surface area contributed by atoms with E-state index in [9.17, 15) is 24.6 Å². The fourth-order valence-corrected chi connectivity index (χ4v) is 2.99. The summed E-state index contributed by atoms with van der Waals surface area (Å²) in [5.74, 6) is -1.54. The molecule has 7 nitrogen and oxygen atoms in total. The number of hydrogen-bond acceptors (Lipinski definition) is 5. The number of aliphatic carboxylic acids is 1. The molecule has 0 saturated carbocycles. The van der Waals surface area contributed by atoms with Crippen molar-refractivity contribution < 1.29 is 29.3 Å². The van der Waals surface area contributed by atoms with E-state index >= 15 is 0 Å². The van der Waals surface area contributed by atoms with E-state index in [2.05, 4.69) is 5.32 Å². The van der Waals surface area contributed by atoms with Crippen LogP contribution in [-0.4, -0.2) is 45.8 Å². The molecule has 1 amide bonds. The molecule has 0 spiro atoms. The highest BCUT2D eigenvalue weighted by Gasteiger charge is 2.33. The summed E-state index contributed by atoms with van der Waals surface area (Å²) in [4.78, 5) is 33.0. The van der Waals surface area contributed by atoms with E-state index in [1.807, 2.05) is 42.5 Å². The maximum atomic E-state index is 11.9. The molecule has 170 valence electrons. The van der Waals surface area contributed by atoms with Crippen LogP contribution in [0.3, 0.4) is 0 Å². The zero-order valence-corrected chi connectivity index (χ0v) is 19.0. The number of fused-ring (bicyclic) bond motifs is 1. The Balaban J connectivity index is 0.00000110. The van der Waals surface area contributed by atoms with Crippen LogP contribution in [0.4, 0.5) is 4.79 Å². The molecule has 0 bridgehead atoms. The van der Waals surface area contributed by atoms with Gasteiger partial charge < -0.3 is 25.1 Å². The highest BCUT2D eigenvalue weighted by molar-refractivity contribution is 5.85. The third-order valence-corrected chi connectivity index (χ3v) is 4.28. The minimum atomic E-state index is -1.45. The van der Waals surface area contributed by atoms with Gasteiger partial charge in [0.1, 0.15) is 11.4 Å². The van der Waals surface area contributed by atoms with Crippen molar-refractivity contribution in [2.75, 3.05) is 0 Å². The van der Waals surface area contributed by atoms with E-state index in [4.69, 9.17) is 4.74 Å². The van der Waals surface area contributed by atoms with E-state index in [0.717, 1.165) is 16.3 Å². The first-order valence-corrected chi connectivity index (χ1v) is 10.2. The van der Waals surface area contributed by atoms with Crippen LogP contribution in [0.25, 0.3) is 10.8 Å². The number of carbonyl (C=O) groups is 3. The number of carboxylic acids is 1. The van der Waals surface area contributed by atoms with E-state index in [-0.39, 0.29) is 5.78 Å². The number of ether oxygens (including phenoxy) is 1. The summed E-state index contributed by atoms with van der Waals surface area (Å²) in [6.45, 7) is 9.87. The minimum Gasteiger partial charge on any atom is -0.480 e. The number of aliphatic hydroxyl groups is 1. The number of Topliss-reactive ketones (excluding diaryl/α,β-unsaturated/α-hetero) is 1. The van der Waals surface area contributed by atoms with Crippen molar-refractivity contribution in [3.63, 3.8) is 0 Å². The largest absolute Gasteiger partial charge is 0.480 e. The molecule has 0 fully saturated rings. The number of carboxylic acid groups (broad SMARTS) is 1. The summed E-state index contributed by atoms with van der Waals surface area (Å²) in [7, 11) is 0. The molecule has 0 radical (unpaired) electrons. The average Bonchev–Trinajstić information content (AvgIpc) is 2.63. The Kier molecular flexibility index (Phi) is 9.65.